The molecule has 2 saturated heterocycles. The van der Waals surface area contributed by atoms with Crippen molar-refractivity contribution in [3.05, 3.63) is 94.5 Å². The molecule has 3 aromatic rings. The number of imide groups is 1. The maximum atomic E-state index is 13.8. The number of carbonyl (C=O) groups excluding carboxylic acids is 4. The molecule has 1 spiro atoms. The molecular formula is C27H18ClNO6. The predicted octanol–water partition coefficient (Wildman–Crippen LogP) is 4.04. The molecule has 35 heavy (non-hydrogen) atoms. The smallest absolute Gasteiger partial charge is 0.241 e. The number of carbonyl (C=O) groups is 4. The van der Waals surface area contributed by atoms with Crippen molar-refractivity contribution >= 4 is 40.7 Å². The summed E-state index contributed by atoms with van der Waals surface area (Å²) >= 11 is 6.00. The van der Waals surface area contributed by atoms with E-state index in [9.17, 15) is 19.2 Å². The second-order valence-electron chi connectivity index (χ2n) is 8.75. The van der Waals surface area contributed by atoms with Gasteiger partial charge in [0.25, 0.3) is 0 Å². The average molecular weight is 488 g/mol. The van der Waals surface area contributed by atoms with Gasteiger partial charge in [0.15, 0.2) is 0 Å². The molecule has 0 N–H and O–H groups in total. The monoisotopic (exact) mass is 487 g/mol. The van der Waals surface area contributed by atoms with Crippen LogP contribution < -0.4 is 9.64 Å². The number of anilines is 1. The first-order valence-electron chi connectivity index (χ1n) is 11.0. The van der Waals surface area contributed by atoms with Gasteiger partial charge in [0.05, 0.1) is 30.7 Å². The van der Waals surface area contributed by atoms with Crippen LogP contribution in [0.5, 0.6) is 5.75 Å². The Hall–Kier alpha value is -3.81. The zero-order valence-corrected chi connectivity index (χ0v) is 19.2. The normalized spacial score (nSPS) is 24.3. The van der Waals surface area contributed by atoms with Crippen LogP contribution in [0.4, 0.5) is 5.69 Å². The van der Waals surface area contributed by atoms with Crippen molar-refractivity contribution in [3.63, 3.8) is 0 Å². The minimum atomic E-state index is -2.12. The van der Waals surface area contributed by atoms with E-state index in [1.807, 2.05) is 0 Å². The van der Waals surface area contributed by atoms with E-state index in [1.54, 1.807) is 72.8 Å². The van der Waals surface area contributed by atoms with Crippen LogP contribution in [-0.2, 0) is 14.3 Å². The number of amides is 2. The number of fused-ring (bicyclic) bond motifs is 3. The van der Waals surface area contributed by atoms with Gasteiger partial charge in [-0.15, -0.1) is 0 Å². The van der Waals surface area contributed by atoms with Gasteiger partial charge in [0.1, 0.15) is 5.75 Å². The van der Waals surface area contributed by atoms with Gasteiger partial charge in [0.2, 0.25) is 29.0 Å². The maximum absolute atomic E-state index is 13.8. The lowest BCUT2D eigenvalue weighted by atomic mass is 9.77. The highest BCUT2D eigenvalue weighted by atomic mass is 35.5. The number of ether oxygens (including phenoxy) is 2. The number of ketones is 2. The van der Waals surface area contributed by atoms with Crippen molar-refractivity contribution in [3.8, 4) is 5.75 Å². The molecule has 2 aliphatic heterocycles. The van der Waals surface area contributed by atoms with Crippen molar-refractivity contribution in [1.82, 2.24) is 0 Å². The fourth-order valence-corrected chi connectivity index (χ4v) is 5.61. The zero-order valence-electron chi connectivity index (χ0n) is 18.4. The Morgan fingerprint density at radius 3 is 2.14 bits per heavy atom. The molecule has 2 amide bonds. The third kappa shape index (κ3) is 2.82. The number of hydrogen-bond acceptors (Lipinski definition) is 6. The number of nitrogens with zero attached hydrogens (tertiary/aromatic N) is 1. The largest absolute Gasteiger partial charge is 0.497 e. The van der Waals surface area contributed by atoms with E-state index < -0.39 is 46.9 Å². The SMILES string of the molecule is COc1cccc(C2OC3(C(=O)c4ccccc4C3=O)C3C(=O)N(c4ccc(Cl)cc4)C(=O)C23)c1. The third-order valence-corrected chi connectivity index (χ3v) is 7.28. The molecule has 0 saturated carbocycles. The van der Waals surface area contributed by atoms with Crippen LogP contribution in [0.2, 0.25) is 5.02 Å². The molecule has 2 fully saturated rings. The standard InChI is InChI=1S/C27H18ClNO6/c1-34-17-6-4-5-14(13-17)22-20-21(26(33)29(25(20)32)16-11-9-15(28)10-12-16)27(35-22)23(30)18-7-2-3-8-19(18)24(27)31/h2-13,20-22H,1H3. The molecule has 1 aliphatic carbocycles. The van der Waals surface area contributed by atoms with E-state index in [-0.39, 0.29) is 11.1 Å². The molecule has 2 heterocycles. The summed E-state index contributed by atoms with van der Waals surface area (Å²) in [7, 11) is 1.51. The first-order chi connectivity index (χ1) is 16.9. The summed E-state index contributed by atoms with van der Waals surface area (Å²) in [5.41, 5.74) is -0.892. The number of benzene rings is 3. The molecule has 3 aromatic carbocycles. The van der Waals surface area contributed by atoms with E-state index >= 15 is 0 Å². The third-order valence-electron chi connectivity index (χ3n) is 7.03. The van der Waals surface area contributed by atoms with Crippen molar-refractivity contribution < 1.29 is 28.7 Å². The van der Waals surface area contributed by atoms with Crippen molar-refractivity contribution in [2.75, 3.05) is 12.0 Å². The number of Topliss-reactive ketones (excluding diaryl/α,β-unsaturated/α-hetero) is 2. The molecule has 7 nitrogen and oxygen atoms in total. The molecule has 0 aromatic heterocycles. The Kier molecular flexibility index (Phi) is 4.71. The lowest BCUT2D eigenvalue weighted by Gasteiger charge is -2.27. The quantitative estimate of drug-likeness (QED) is 0.409. The summed E-state index contributed by atoms with van der Waals surface area (Å²) in [6.07, 6.45) is -1.01. The topological polar surface area (TPSA) is 90.0 Å². The lowest BCUT2D eigenvalue weighted by Crippen LogP contribution is -2.51. The van der Waals surface area contributed by atoms with Crippen LogP contribution in [0.1, 0.15) is 32.4 Å². The van der Waals surface area contributed by atoms with Crippen LogP contribution in [-0.4, -0.2) is 36.1 Å². The van der Waals surface area contributed by atoms with E-state index in [0.29, 0.717) is 22.0 Å². The summed E-state index contributed by atoms with van der Waals surface area (Å²) in [5.74, 6) is -4.26. The number of halogens is 1. The van der Waals surface area contributed by atoms with Crippen molar-refractivity contribution in [2.45, 2.75) is 11.7 Å². The van der Waals surface area contributed by atoms with Crippen molar-refractivity contribution in [2.24, 2.45) is 11.8 Å². The van der Waals surface area contributed by atoms with Gasteiger partial charge >= 0.3 is 0 Å². The van der Waals surface area contributed by atoms with Gasteiger partial charge in [-0.2, -0.15) is 0 Å². The van der Waals surface area contributed by atoms with E-state index in [0.717, 1.165) is 4.90 Å². The Balaban J connectivity index is 1.54. The summed E-state index contributed by atoms with van der Waals surface area (Å²) in [5, 5.41) is 0.443. The number of hydrogen-bond donors (Lipinski definition) is 0. The van der Waals surface area contributed by atoms with Gasteiger partial charge in [-0.1, -0.05) is 48.0 Å². The molecular weight excluding hydrogens is 470 g/mol. The highest BCUT2D eigenvalue weighted by Crippen LogP contribution is 2.57. The Labute approximate surface area is 205 Å². The predicted molar refractivity (Wildman–Crippen MR) is 126 cm³/mol. The van der Waals surface area contributed by atoms with Gasteiger partial charge in [0, 0.05) is 16.1 Å². The fraction of sp³-hybridized carbons (Fsp3) is 0.185. The summed E-state index contributed by atoms with van der Waals surface area (Å²) < 4.78 is 11.6. The molecule has 174 valence electrons. The van der Waals surface area contributed by atoms with Gasteiger partial charge in [-0.25, -0.2) is 4.90 Å². The first kappa shape index (κ1) is 21.7. The molecule has 0 bridgehead atoms. The van der Waals surface area contributed by atoms with Crippen LogP contribution >= 0.6 is 11.6 Å². The van der Waals surface area contributed by atoms with Gasteiger partial charge in [-0.3, -0.25) is 19.2 Å². The second kappa shape index (κ2) is 7.60. The number of rotatable bonds is 3. The van der Waals surface area contributed by atoms with E-state index in [1.165, 1.54) is 7.11 Å². The van der Waals surface area contributed by atoms with Gasteiger partial charge < -0.3 is 9.47 Å². The molecule has 3 atom stereocenters. The Bertz CT molecular complexity index is 1400. The Morgan fingerprint density at radius 2 is 1.51 bits per heavy atom. The van der Waals surface area contributed by atoms with Crippen LogP contribution in [0, 0.1) is 11.8 Å². The van der Waals surface area contributed by atoms with E-state index in [2.05, 4.69) is 0 Å². The molecule has 3 aliphatic rings. The molecule has 8 heteroatoms. The second-order valence-corrected chi connectivity index (χ2v) is 9.18. The molecule has 0 radical (unpaired) electrons. The Morgan fingerprint density at radius 1 is 0.857 bits per heavy atom. The highest BCUT2D eigenvalue weighted by molar-refractivity contribution is 6.37. The number of methoxy groups -OCH3 is 1. The molecule has 6 rings (SSSR count). The van der Waals surface area contributed by atoms with Crippen molar-refractivity contribution in [1.29, 1.82) is 0 Å². The fourth-order valence-electron chi connectivity index (χ4n) is 5.48. The van der Waals surface area contributed by atoms with Gasteiger partial charge in [-0.05, 0) is 42.0 Å². The zero-order chi connectivity index (χ0) is 24.5. The van der Waals surface area contributed by atoms with E-state index in [4.69, 9.17) is 21.1 Å². The minimum absolute atomic E-state index is 0.188. The summed E-state index contributed by atoms with van der Waals surface area (Å²) in [6, 6.07) is 19.5. The summed E-state index contributed by atoms with van der Waals surface area (Å²) in [4.78, 5) is 56.2. The van der Waals surface area contributed by atoms with Crippen LogP contribution in [0.15, 0.2) is 72.8 Å². The van der Waals surface area contributed by atoms with Crippen LogP contribution in [0.25, 0.3) is 0 Å². The lowest BCUT2D eigenvalue weighted by molar-refractivity contribution is -0.127. The molecule has 3 unspecified atom stereocenters. The maximum Gasteiger partial charge on any atom is 0.241 e. The average Bonchev–Trinajstić information content (AvgIpc) is 3.45. The highest BCUT2D eigenvalue weighted by Gasteiger charge is 2.74. The van der Waals surface area contributed by atoms with Crippen LogP contribution in [0.3, 0.4) is 0 Å². The first-order valence-corrected chi connectivity index (χ1v) is 11.4. The minimum Gasteiger partial charge on any atom is -0.497 e. The summed E-state index contributed by atoms with van der Waals surface area (Å²) in [6.45, 7) is 0.